The summed E-state index contributed by atoms with van der Waals surface area (Å²) in [6, 6.07) is 11.2. The molecule has 1 aliphatic rings. The lowest BCUT2D eigenvalue weighted by Gasteiger charge is -2.28. The van der Waals surface area contributed by atoms with Gasteiger partial charge in [0.1, 0.15) is 17.0 Å². The second-order valence-electron chi connectivity index (χ2n) is 10.4. The fraction of sp³-hybridized carbons (Fsp3) is 0.429. The van der Waals surface area contributed by atoms with E-state index in [1.165, 1.54) is 12.4 Å². The van der Waals surface area contributed by atoms with E-state index in [9.17, 15) is 18.3 Å². The van der Waals surface area contributed by atoms with Crippen molar-refractivity contribution in [3.8, 4) is 17.0 Å². The predicted octanol–water partition coefficient (Wildman–Crippen LogP) is 4.45. The minimum absolute atomic E-state index is 0.0615. The number of aliphatic hydroxyl groups excluding tert-OH is 1. The Morgan fingerprint density at radius 3 is 2.49 bits per heavy atom. The van der Waals surface area contributed by atoms with E-state index in [1.54, 1.807) is 7.11 Å². The molecule has 0 amide bonds. The standard InChI is InChI=1S/C28H32F3N7O2S/c1-37(2)26-24(40-4)12-21(35-36-26)17-7-5-16(6-8-17)14-32-18-9-22(23(39)10-18)38(3)25-20-11-19(13-28(29,30)31)41-27(20)34-15-33-25/h5-8,11-12,15,18,22-23,32,39H,9-10,13-14H2,1-4H3/t18-,22+,23-/m1/s1. The van der Waals surface area contributed by atoms with Crippen molar-refractivity contribution < 1.29 is 23.0 Å². The molecule has 1 saturated carbocycles. The number of halogens is 3. The second kappa shape index (κ2) is 11.7. The predicted molar refractivity (Wildman–Crippen MR) is 154 cm³/mol. The molecule has 9 nitrogen and oxygen atoms in total. The Morgan fingerprint density at radius 2 is 1.80 bits per heavy atom. The summed E-state index contributed by atoms with van der Waals surface area (Å²) < 4.78 is 44.3. The first kappa shape index (κ1) is 29.0. The second-order valence-corrected chi connectivity index (χ2v) is 11.5. The molecule has 1 fully saturated rings. The zero-order valence-corrected chi connectivity index (χ0v) is 24.0. The Bertz CT molecular complexity index is 1500. The zero-order chi connectivity index (χ0) is 29.3. The fourth-order valence-corrected chi connectivity index (χ4v) is 6.24. The Labute approximate surface area is 240 Å². The van der Waals surface area contributed by atoms with Crippen LogP contribution in [0.2, 0.25) is 0 Å². The number of hydrogen-bond donors (Lipinski definition) is 2. The number of aliphatic hydroxyl groups is 1. The molecular weight excluding hydrogens is 555 g/mol. The number of likely N-dealkylation sites (N-methyl/N-ethyl adjacent to an activating group) is 1. The van der Waals surface area contributed by atoms with E-state index in [0.717, 1.165) is 22.5 Å². The van der Waals surface area contributed by atoms with Crippen LogP contribution in [0.3, 0.4) is 0 Å². The molecule has 1 aliphatic carbocycles. The van der Waals surface area contributed by atoms with E-state index < -0.39 is 18.7 Å². The lowest BCUT2D eigenvalue weighted by Crippen LogP contribution is -2.38. The maximum absolute atomic E-state index is 12.9. The quantitative estimate of drug-likeness (QED) is 0.294. The van der Waals surface area contributed by atoms with Gasteiger partial charge in [-0.1, -0.05) is 24.3 Å². The van der Waals surface area contributed by atoms with Gasteiger partial charge in [-0.05, 0) is 24.5 Å². The molecule has 0 aliphatic heterocycles. The molecule has 2 N–H and O–H groups in total. The van der Waals surface area contributed by atoms with Gasteiger partial charge in [0.2, 0.25) is 0 Å². The molecule has 5 rings (SSSR count). The monoisotopic (exact) mass is 587 g/mol. The van der Waals surface area contributed by atoms with Crippen LogP contribution in [0.1, 0.15) is 23.3 Å². The van der Waals surface area contributed by atoms with Crippen molar-refractivity contribution >= 4 is 33.2 Å². The molecule has 0 radical (unpaired) electrons. The maximum atomic E-state index is 12.9. The van der Waals surface area contributed by atoms with Crippen molar-refractivity contribution in [1.29, 1.82) is 0 Å². The van der Waals surface area contributed by atoms with Crippen LogP contribution in [-0.2, 0) is 13.0 Å². The van der Waals surface area contributed by atoms with Crippen LogP contribution in [0.5, 0.6) is 5.75 Å². The first-order valence-corrected chi connectivity index (χ1v) is 14.0. The van der Waals surface area contributed by atoms with E-state index in [0.29, 0.717) is 52.7 Å². The average molecular weight is 588 g/mol. The van der Waals surface area contributed by atoms with E-state index in [2.05, 4.69) is 25.5 Å². The number of methoxy groups -OCH3 is 1. The SMILES string of the molecule is COc1cc(-c2ccc(CN[C@H]3C[C@@H](O)[C@@H](N(C)c4ncnc5sc(CC(F)(F)F)cc45)C3)cc2)nnc1N(C)C. The average Bonchev–Trinajstić information content (AvgIpc) is 3.52. The van der Waals surface area contributed by atoms with E-state index in [1.807, 2.05) is 61.3 Å². The number of thiophene rings is 1. The Hall–Kier alpha value is -3.55. The fourth-order valence-electron chi connectivity index (χ4n) is 5.22. The van der Waals surface area contributed by atoms with E-state index in [4.69, 9.17) is 4.74 Å². The third-order valence-corrected chi connectivity index (χ3v) is 8.33. The number of nitrogens with zero attached hydrogens (tertiary/aromatic N) is 6. The number of fused-ring (bicyclic) bond motifs is 1. The third kappa shape index (κ3) is 6.52. The molecular formula is C28H32F3N7O2S. The molecule has 13 heteroatoms. The molecule has 3 atom stereocenters. The van der Waals surface area contributed by atoms with Gasteiger partial charge in [-0.15, -0.1) is 21.5 Å². The highest BCUT2D eigenvalue weighted by Crippen LogP contribution is 2.36. The van der Waals surface area contributed by atoms with Crippen molar-refractivity contribution in [2.24, 2.45) is 0 Å². The first-order valence-electron chi connectivity index (χ1n) is 13.1. The number of rotatable bonds is 9. The summed E-state index contributed by atoms with van der Waals surface area (Å²) in [5, 5.41) is 23.6. The number of nitrogens with one attached hydrogen (secondary N) is 1. The van der Waals surface area contributed by atoms with Crippen LogP contribution in [0.25, 0.3) is 21.5 Å². The van der Waals surface area contributed by atoms with Crippen molar-refractivity contribution in [3.63, 3.8) is 0 Å². The largest absolute Gasteiger partial charge is 0.493 e. The molecule has 4 aromatic rings. The van der Waals surface area contributed by atoms with Crippen molar-refractivity contribution in [2.75, 3.05) is 38.1 Å². The number of alkyl halides is 3. The smallest absolute Gasteiger partial charge is 0.393 e. The number of ether oxygens (including phenoxy) is 1. The molecule has 0 bridgehead atoms. The summed E-state index contributed by atoms with van der Waals surface area (Å²) in [5.74, 6) is 1.83. The van der Waals surface area contributed by atoms with Gasteiger partial charge in [0.15, 0.2) is 11.6 Å². The molecule has 0 unspecified atom stereocenters. The van der Waals surface area contributed by atoms with Crippen LogP contribution < -0.4 is 19.9 Å². The highest BCUT2D eigenvalue weighted by molar-refractivity contribution is 7.18. The summed E-state index contributed by atoms with van der Waals surface area (Å²) >= 11 is 1.02. The van der Waals surface area contributed by atoms with Crippen molar-refractivity contribution in [3.05, 3.63) is 53.2 Å². The summed E-state index contributed by atoms with van der Waals surface area (Å²) in [6.07, 6.45) is -3.33. The summed E-state index contributed by atoms with van der Waals surface area (Å²) in [5.41, 5.74) is 2.72. The van der Waals surface area contributed by atoms with Gasteiger partial charge in [0.25, 0.3) is 0 Å². The Kier molecular flexibility index (Phi) is 8.30. The summed E-state index contributed by atoms with van der Waals surface area (Å²) in [4.78, 5) is 12.9. The number of aromatic nitrogens is 4. The lowest BCUT2D eigenvalue weighted by molar-refractivity contribution is -0.126. The van der Waals surface area contributed by atoms with E-state index in [-0.39, 0.29) is 17.0 Å². The molecule has 0 saturated heterocycles. The molecule has 0 spiro atoms. The van der Waals surface area contributed by atoms with E-state index >= 15 is 0 Å². The molecule has 3 heterocycles. The molecule has 3 aromatic heterocycles. The first-order chi connectivity index (χ1) is 19.5. The summed E-state index contributed by atoms with van der Waals surface area (Å²) in [7, 11) is 7.19. The van der Waals surface area contributed by atoms with Gasteiger partial charge in [0.05, 0.1) is 36.8 Å². The number of anilines is 2. The topological polar surface area (TPSA) is 99.5 Å². The minimum atomic E-state index is -4.29. The van der Waals surface area contributed by atoms with Gasteiger partial charge < -0.3 is 25.0 Å². The van der Waals surface area contributed by atoms with Crippen LogP contribution in [-0.4, -0.2) is 77.9 Å². The highest BCUT2D eigenvalue weighted by Gasteiger charge is 2.37. The Balaban J connectivity index is 1.22. The Morgan fingerprint density at radius 1 is 1.05 bits per heavy atom. The van der Waals surface area contributed by atoms with Gasteiger partial charge in [-0.3, -0.25) is 0 Å². The van der Waals surface area contributed by atoms with Crippen LogP contribution in [0.15, 0.2) is 42.7 Å². The lowest BCUT2D eigenvalue weighted by atomic mass is 10.1. The third-order valence-electron chi connectivity index (χ3n) is 7.29. The van der Waals surface area contributed by atoms with Gasteiger partial charge in [0, 0.05) is 50.2 Å². The van der Waals surface area contributed by atoms with Crippen LogP contribution in [0.4, 0.5) is 24.8 Å². The highest BCUT2D eigenvalue weighted by atomic mass is 32.1. The van der Waals surface area contributed by atoms with Crippen molar-refractivity contribution in [2.45, 2.75) is 50.2 Å². The number of hydrogen-bond acceptors (Lipinski definition) is 10. The zero-order valence-electron chi connectivity index (χ0n) is 23.2. The maximum Gasteiger partial charge on any atom is 0.393 e. The van der Waals surface area contributed by atoms with Crippen LogP contribution >= 0.6 is 11.3 Å². The molecule has 218 valence electrons. The van der Waals surface area contributed by atoms with Crippen LogP contribution in [0, 0.1) is 0 Å². The van der Waals surface area contributed by atoms with Crippen molar-refractivity contribution in [1.82, 2.24) is 25.5 Å². The molecule has 1 aromatic carbocycles. The number of benzene rings is 1. The summed E-state index contributed by atoms with van der Waals surface area (Å²) in [6.45, 7) is 0.617. The minimum Gasteiger partial charge on any atom is -0.493 e. The van der Waals surface area contributed by atoms with Gasteiger partial charge >= 0.3 is 6.18 Å². The van der Waals surface area contributed by atoms with Gasteiger partial charge in [-0.2, -0.15) is 13.2 Å². The normalized spacial score (nSPS) is 19.1. The molecule has 41 heavy (non-hydrogen) atoms. The van der Waals surface area contributed by atoms with Gasteiger partial charge in [-0.25, -0.2) is 9.97 Å².